The Morgan fingerprint density at radius 2 is 1.92 bits per heavy atom. The molecule has 1 N–H and O–H groups in total. The zero-order valence-electron chi connectivity index (χ0n) is 14.9. The molecule has 2 rings (SSSR count). The Labute approximate surface area is 158 Å². The van der Waals surface area contributed by atoms with E-state index in [1.165, 1.54) is 0 Å². The second kappa shape index (κ2) is 9.82. The summed E-state index contributed by atoms with van der Waals surface area (Å²) in [4.78, 5) is 23.6. The Hall–Kier alpha value is -2.53. The van der Waals surface area contributed by atoms with Gasteiger partial charge in [-0.1, -0.05) is 29.8 Å². The summed E-state index contributed by atoms with van der Waals surface area (Å²) in [7, 11) is 0. The van der Waals surface area contributed by atoms with Crippen molar-refractivity contribution in [3.63, 3.8) is 0 Å². The van der Waals surface area contributed by atoms with Crippen LogP contribution < -0.4 is 10.1 Å². The van der Waals surface area contributed by atoms with Gasteiger partial charge < -0.3 is 14.8 Å². The molecule has 5 nitrogen and oxygen atoms in total. The second-order valence-corrected chi connectivity index (χ2v) is 6.37. The number of nitrogens with one attached hydrogen (secondary N) is 1. The molecule has 0 aliphatic rings. The summed E-state index contributed by atoms with van der Waals surface area (Å²) >= 11 is 5.90. The van der Waals surface area contributed by atoms with Crippen molar-refractivity contribution in [3.05, 3.63) is 58.6 Å². The van der Waals surface area contributed by atoms with Gasteiger partial charge in [0.05, 0.1) is 6.61 Å². The van der Waals surface area contributed by atoms with Crippen LogP contribution in [0, 0.1) is 13.8 Å². The molecule has 0 saturated heterocycles. The lowest BCUT2D eigenvalue weighted by atomic mass is 10.2. The molecule has 0 aliphatic carbocycles. The smallest absolute Gasteiger partial charge is 0.306 e. The minimum Gasteiger partial charge on any atom is -0.494 e. The zero-order chi connectivity index (χ0) is 18.9. The molecule has 0 spiro atoms. The van der Waals surface area contributed by atoms with Gasteiger partial charge in [-0.2, -0.15) is 0 Å². The summed E-state index contributed by atoms with van der Waals surface area (Å²) in [5.41, 5.74) is 2.59. The van der Waals surface area contributed by atoms with Gasteiger partial charge in [0, 0.05) is 17.1 Å². The van der Waals surface area contributed by atoms with Crippen molar-refractivity contribution < 1.29 is 19.1 Å². The van der Waals surface area contributed by atoms with Gasteiger partial charge in [0.25, 0.3) is 5.91 Å². The van der Waals surface area contributed by atoms with Crippen LogP contribution in [0.2, 0.25) is 5.02 Å². The molecule has 0 saturated carbocycles. The molecule has 0 aromatic heterocycles. The van der Waals surface area contributed by atoms with Crippen molar-refractivity contribution in [2.24, 2.45) is 0 Å². The summed E-state index contributed by atoms with van der Waals surface area (Å²) in [6.07, 6.45) is 0.705. The molecule has 0 heterocycles. The first-order valence-electron chi connectivity index (χ1n) is 8.35. The van der Waals surface area contributed by atoms with Crippen LogP contribution in [0.1, 0.15) is 24.0 Å². The standard InChI is InChI=1S/C20H22ClNO4/c1-14-5-3-6-17(11-14)25-10-4-7-20(24)26-13-19(23)22-18-12-16(21)9-8-15(18)2/h3,5-6,8-9,11-12H,4,7,10,13H2,1-2H3,(H,22,23). The fraction of sp³-hybridized carbons (Fsp3) is 0.300. The lowest BCUT2D eigenvalue weighted by Gasteiger charge is -2.10. The van der Waals surface area contributed by atoms with E-state index in [9.17, 15) is 9.59 Å². The molecule has 0 aliphatic heterocycles. The number of ether oxygens (including phenoxy) is 2. The van der Waals surface area contributed by atoms with Gasteiger partial charge in [-0.15, -0.1) is 0 Å². The zero-order valence-corrected chi connectivity index (χ0v) is 15.6. The highest BCUT2D eigenvalue weighted by Gasteiger charge is 2.09. The Kier molecular flexibility index (Phi) is 7.48. The summed E-state index contributed by atoms with van der Waals surface area (Å²) < 4.78 is 10.5. The highest BCUT2D eigenvalue weighted by atomic mass is 35.5. The molecule has 6 heteroatoms. The fourth-order valence-corrected chi connectivity index (χ4v) is 2.42. The van der Waals surface area contributed by atoms with Gasteiger partial charge in [-0.05, 0) is 55.7 Å². The molecule has 2 aromatic carbocycles. The van der Waals surface area contributed by atoms with E-state index in [-0.39, 0.29) is 13.0 Å². The molecule has 0 unspecified atom stereocenters. The Balaban J connectivity index is 1.65. The van der Waals surface area contributed by atoms with Crippen LogP contribution in [0.25, 0.3) is 0 Å². The molecule has 0 atom stereocenters. The number of esters is 1. The minimum atomic E-state index is -0.434. The van der Waals surface area contributed by atoms with E-state index in [1.807, 2.05) is 38.1 Å². The number of carbonyl (C=O) groups is 2. The number of hydrogen-bond donors (Lipinski definition) is 1. The molecular weight excluding hydrogens is 354 g/mol. The molecule has 0 radical (unpaired) electrons. The Morgan fingerprint density at radius 1 is 1.12 bits per heavy atom. The van der Waals surface area contributed by atoms with Crippen molar-refractivity contribution in [3.8, 4) is 5.75 Å². The third kappa shape index (κ3) is 6.76. The molecular formula is C20H22ClNO4. The minimum absolute atomic E-state index is 0.190. The Bertz CT molecular complexity index is 776. The van der Waals surface area contributed by atoms with E-state index >= 15 is 0 Å². The fourth-order valence-electron chi connectivity index (χ4n) is 2.25. The summed E-state index contributed by atoms with van der Waals surface area (Å²) in [5, 5.41) is 3.20. The quantitative estimate of drug-likeness (QED) is 0.552. The topological polar surface area (TPSA) is 64.6 Å². The van der Waals surface area contributed by atoms with E-state index in [2.05, 4.69) is 5.32 Å². The highest BCUT2D eigenvalue weighted by molar-refractivity contribution is 6.31. The van der Waals surface area contributed by atoms with E-state index < -0.39 is 11.9 Å². The molecule has 1 amide bonds. The van der Waals surface area contributed by atoms with Crippen molar-refractivity contribution in [2.75, 3.05) is 18.5 Å². The van der Waals surface area contributed by atoms with Crippen LogP contribution in [0.3, 0.4) is 0 Å². The number of amides is 1. The van der Waals surface area contributed by atoms with Gasteiger partial charge in [-0.25, -0.2) is 0 Å². The van der Waals surface area contributed by atoms with E-state index in [0.29, 0.717) is 23.7 Å². The van der Waals surface area contributed by atoms with Crippen LogP contribution >= 0.6 is 11.6 Å². The first-order valence-corrected chi connectivity index (χ1v) is 8.73. The maximum Gasteiger partial charge on any atom is 0.306 e. The van der Waals surface area contributed by atoms with E-state index in [4.69, 9.17) is 21.1 Å². The summed E-state index contributed by atoms with van der Waals surface area (Å²) in [6, 6.07) is 12.9. The molecule has 0 bridgehead atoms. The van der Waals surface area contributed by atoms with Gasteiger partial charge in [0.15, 0.2) is 6.61 Å². The number of benzene rings is 2. The van der Waals surface area contributed by atoms with Crippen LogP contribution in [0.4, 0.5) is 5.69 Å². The molecule has 2 aromatic rings. The number of hydrogen-bond acceptors (Lipinski definition) is 4. The largest absolute Gasteiger partial charge is 0.494 e. The number of anilines is 1. The highest BCUT2D eigenvalue weighted by Crippen LogP contribution is 2.20. The monoisotopic (exact) mass is 375 g/mol. The van der Waals surface area contributed by atoms with Crippen LogP contribution in [0.15, 0.2) is 42.5 Å². The van der Waals surface area contributed by atoms with Crippen molar-refractivity contribution in [1.29, 1.82) is 0 Å². The third-order valence-electron chi connectivity index (χ3n) is 3.62. The lowest BCUT2D eigenvalue weighted by molar-refractivity contribution is -0.147. The molecule has 138 valence electrons. The maximum atomic E-state index is 11.9. The average molecular weight is 376 g/mol. The predicted molar refractivity (Wildman–Crippen MR) is 102 cm³/mol. The maximum absolute atomic E-state index is 11.9. The van der Waals surface area contributed by atoms with Crippen molar-refractivity contribution in [1.82, 2.24) is 0 Å². The summed E-state index contributed by atoms with van der Waals surface area (Å²) in [5.74, 6) is -0.0647. The lowest BCUT2D eigenvalue weighted by Crippen LogP contribution is -2.21. The number of carbonyl (C=O) groups excluding carboxylic acids is 2. The third-order valence-corrected chi connectivity index (χ3v) is 3.86. The first-order chi connectivity index (χ1) is 12.4. The van der Waals surface area contributed by atoms with Crippen molar-refractivity contribution in [2.45, 2.75) is 26.7 Å². The van der Waals surface area contributed by atoms with Gasteiger partial charge >= 0.3 is 5.97 Å². The average Bonchev–Trinajstić information content (AvgIpc) is 2.60. The SMILES string of the molecule is Cc1cccc(OCCCC(=O)OCC(=O)Nc2cc(Cl)ccc2C)c1. The molecule has 26 heavy (non-hydrogen) atoms. The molecule has 0 fully saturated rings. The van der Waals surface area contributed by atoms with E-state index in [0.717, 1.165) is 16.9 Å². The van der Waals surface area contributed by atoms with Crippen LogP contribution in [-0.4, -0.2) is 25.1 Å². The normalized spacial score (nSPS) is 10.3. The van der Waals surface area contributed by atoms with Gasteiger partial charge in [0.2, 0.25) is 0 Å². The van der Waals surface area contributed by atoms with Crippen LogP contribution in [0.5, 0.6) is 5.75 Å². The second-order valence-electron chi connectivity index (χ2n) is 5.94. The first kappa shape index (κ1) is 19.8. The van der Waals surface area contributed by atoms with Crippen LogP contribution in [-0.2, 0) is 14.3 Å². The predicted octanol–water partition coefficient (Wildman–Crippen LogP) is 4.30. The van der Waals surface area contributed by atoms with Gasteiger partial charge in [-0.3, -0.25) is 9.59 Å². The van der Waals surface area contributed by atoms with E-state index in [1.54, 1.807) is 18.2 Å². The Morgan fingerprint density at radius 3 is 2.69 bits per heavy atom. The number of rotatable bonds is 8. The number of halogens is 1. The summed E-state index contributed by atoms with van der Waals surface area (Å²) in [6.45, 7) is 3.92. The van der Waals surface area contributed by atoms with Crippen molar-refractivity contribution >= 4 is 29.2 Å². The number of aryl methyl sites for hydroxylation is 2. The van der Waals surface area contributed by atoms with Gasteiger partial charge in [0.1, 0.15) is 5.75 Å².